The Morgan fingerprint density at radius 3 is 2.90 bits per heavy atom. The van der Waals surface area contributed by atoms with Crippen molar-refractivity contribution in [2.24, 2.45) is 0 Å². The van der Waals surface area contributed by atoms with Crippen molar-refractivity contribution in [2.45, 2.75) is 19.9 Å². The normalized spacial score (nSPS) is 10.6. The van der Waals surface area contributed by atoms with Crippen LogP contribution < -0.4 is 10.1 Å². The number of ether oxygens (including phenoxy) is 1. The van der Waals surface area contributed by atoms with Gasteiger partial charge in [0.1, 0.15) is 11.5 Å². The van der Waals surface area contributed by atoms with Gasteiger partial charge in [0.15, 0.2) is 0 Å². The van der Waals surface area contributed by atoms with E-state index in [0.717, 1.165) is 41.0 Å². The summed E-state index contributed by atoms with van der Waals surface area (Å²) in [5.41, 5.74) is 1.03. The minimum atomic E-state index is 0.670. The van der Waals surface area contributed by atoms with Crippen LogP contribution in [0.3, 0.4) is 0 Å². The van der Waals surface area contributed by atoms with Crippen LogP contribution in [0.15, 0.2) is 41.1 Å². The van der Waals surface area contributed by atoms with E-state index in [-0.39, 0.29) is 0 Å². The van der Waals surface area contributed by atoms with Crippen LogP contribution in [0.5, 0.6) is 11.5 Å². The molecule has 0 aliphatic carbocycles. The van der Waals surface area contributed by atoms with E-state index in [1.807, 2.05) is 24.4 Å². The summed E-state index contributed by atoms with van der Waals surface area (Å²) in [5, 5.41) is 4.02. The predicted octanol–water partition coefficient (Wildman–Crippen LogP) is 4.79. The number of nitrogens with one attached hydrogen (secondary N) is 1. The highest BCUT2D eigenvalue weighted by atomic mass is 79.9. The summed E-state index contributed by atoms with van der Waals surface area (Å²) in [6.45, 7) is 3.85. The molecule has 0 saturated heterocycles. The monoisotopic (exact) mass is 354 g/mol. The van der Waals surface area contributed by atoms with Crippen LogP contribution in [-0.4, -0.2) is 11.5 Å². The Hall–Kier alpha value is -1.10. The molecule has 3 nitrogen and oxygen atoms in total. The summed E-state index contributed by atoms with van der Waals surface area (Å²) in [7, 11) is 0. The molecule has 20 heavy (non-hydrogen) atoms. The van der Waals surface area contributed by atoms with E-state index in [1.165, 1.54) is 0 Å². The van der Waals surface area contributed by atoms with Gasteiger partial charge in [-0.25, -0.2) is 0 Å². The van der Waals surface area contributed by atoms with E-state index in [0.29, 0.717) is 5.02 Å². The molecule has 0 spiro atoms. The Bertz CT molecular complexity index is 578. The number of halogens is 2. The molecule has 0 aliphatic rings. The quantitative estimate of drug-likeness (QED) is 0.757. The lowest BCUT2D eigenvalue weighted by Gasteiger charge is -2.12. The van der Waals surface area contributed by atoms with Crippen molar-refractivity contribution in [1.82, 2.24) is 10.3 Å². The van der Waals surface area contributed by atoms with Crippen molar-refractivity contribution in [3.05, 3.63) is 51.7 Å². The Labute approximate surface area is 132 Å². The molecule has 1 aromatic heterocycles. The molecule has 106 valence electrons. The van der Waals surface area contributed by atoms with E-state index < -0.39 is 0 Å². The highest BCUT2D eigenvalue weighted by molar-refractivity contribution is 9.10. The van der Waals surface area contributed by atoms with E-state index in [9.17, 15) is 0 Å². The number of rotatable bonds is 6. The van der Waals surface area contributed by atoms with E-state index >= 15 is 0 Å². The van der Waals surface area contributed by atoms with E-state index in [4.69, 9.17) is 16.3 Å². The van der Waals surface area contributed by atoms with Gasteiger partial charge in [-0.15, -0.1) is 0 Å². The molecule has 2 aromatic rings. The number of aromatic nitrogens is 1. The Morgan fingerprint density at radius 2 is 2.15 bits per heavy atom. The largest absolute Gasteiger partial charge is 0.456 e. The third kappa shape index (κ3) is 4.20. The lowest BCUT2D eigenvalue weighted by Crippen LogP contribution is -2.14. The SMILES string of the molecule is CCCNCc1cnccc1Oc1ccc(Cl)cc1Br. The molecule has 1 aromatic carbocycles. The number of hydrogen-bond acceptors (Lipinski definition) is 3. The van der Waals surface area contributed by atoms with Crippen LogP contribution in [0.25, 0.3) is 0 Å². The van der Waals surface area contributed by atoms with Gasteiger partial charge in [-0.1, -0.05) is 18.5 Å². The van der Waals surface area contributed by atoms with E-state index in [1.54, 1.807) is 12.3 Å². The second kappa shape index (κ2) is 7.62. The molecule has 1 heterocycles. The van der Waals surface area contributed by atoms with Gasteiger partial charge >= 0.3 is 0 Å². The molecule has 0 aliphatic heterocycles. The molecular weight excluding hydrogens is 340 g/mol. The van der Waals surface area contributed by atoms with Crippen molar-refractivity contribution >= 4 is 27.5 Å². The van der Waals surface area contributed by atoms with Gasteiger partial charge in [-0.05, 0) is 53.2 Å². The second-order valence-corrected chi connectivity index (χ2v) is 5.63. The lowest BCUT2D eigenvalue weighted by molar-refractivity contribution is 0.469. The molecule has 5 heteroatoms. The second-order valence-electron chi connectivity index (χ2n) is 4.34. The summed E-state index contributed by atoms with van der Waals surface area (Å²) in [6.07, 6.45) is 4.64. The number of pyridine rings is 1. The van der Waals surface area contributed by atoms with Crippen LogP contribution in [0.1, 0.15) is 18.9 Å². The van der Waals surface area contributed by atoms with Crippen LogP contribution in [0.2, 0.25) is 5.02 Å². The zero-order valence-electron chi connectivity index (χ0n) is 11.2. The first-order valence-corrected chi connectivity index (χ1v) is 7.64. The summed E-state index contributed by atoms with van der Waals surface area (Å²) >= 11 is 9.38. The molecule has 0 radical (unpaired) electrons. The van der Waals surface area contributed by atoms with Gasteiger partial charge in [-0.2, -0.15) is 0 Å². The average Bonchev–Trinajstić information content (AvgIpc) is 2.44. The van der Waals surface area contributed by atoms with Crippen LogP contribution >= 0.6 is 27.5 Å². The summed E-state index contributed by atoms with van der Waals surface area (Å²) in [4.78, 5) is 4.15. The standard InChI is InChI=1S/C15H16BrClN2O/c1-2-6-18-9-11-10-19-7-5-14(11)20-15-4-3-12(17)8-13(15)16/h3-5,7-8,10,18H,2,6,9H2,1H3. The number of nitrogens with zero attached hydrogens (tertiary/aromatic N) is 1. The van der Waals surface area contributed by atoms with Crippen molar-refractivity contribution < 1.29 is 4.74 Å². The van der Waals surface area contributed by atoms with E-state index in [2.05, 4.69) is 33.2 Å². The molecule has 0 fully saturated rings. The van der Waals surface area contributed by atoms with Crippen molar-refractivity contribution in [3.63, 3.8) is 0 Å². The van der Waals surface area contributed by atoms with Gasteiger partial charge in [0.2, 0.25) is 0 Å². The predicted molar refractivity (Wildman–Crippen MR) is 85.5 cm³/mol. The van der Waals surface area contributed by atoms with Crippen molar-refractivity contribution in [2.75, 3.05) is 6.54 Å². The molecule has 2 rings (SSSR count). The fourth-order valence-corrected chi connectivity index (χ4v) is 2.49. The minimum absolute atomic E-state index is 0.670. The maximum Gasteiger partial charge on any atom is 0.141 e. The fourth-order valence-electron chi connectivity index (χ4n) is 1.72. The zero-order chi connectivity index (χ0) is 14.4. The Kier molecular flexibility index (Phi) is 5.83. The Balaban J connectivity index is 2.16. The molecule has 0 bridgehead atoms. The smallest absolute Gasteiger partial charge is 0.141 e. The molecular formula is C15H16BrClN2O. The van der Waals surface area contributed by atoms with Gasteiger partial charge in [-0.3, -0.25) is 4.98 Å². The molecule has 0 saturated carbocycles. The lowest BCUT2D eigenvalue weighted by atomic mass is 10.2. The summed E-state index contributed by atoms with van der Waals surface area (Å²) in [6, 6.07) is 7.32. The van der Waals surface area contributed by atoms with Gasteiger partial charge in [0.05, 0.1) is 4.47 Å². The van der Waals surface area contributed by atoms with Crippen LogP contribution in [-0.2, 0) is 6.54 Å². The third-order valence-corrected chi connectivity index (χ3v) is 3.57. The van der Waals surface area contributed by atoms with Gasteiger partial charge < -0.3 is 10.1 Å². The minimum Gasteiger partial charge on any atom is -0.456 e. The van der Waals surface area contributed by atoms with Crippen molar-refractivity contribution in [1.29, 1.82) is 0 Å². The molecule has 0 unspecified atom stereocenters. The first kappa shape index (κ1) is 15.3. The first-order valence-electron chi connectivity index (χ1n) is 6.47. The zero-order valence-corrected chi connectivity index (χ0v) is 13.5. The van der Waals surface area contributed by atoms with Gasteiger partial charge in [0, 0.05) is 29.5 Å². The third-order valence-electron chi connectivity index (χ3n) is 2.71. The summed E-state index contributed by atoms with van der Waals surface area (Å²) in [5.74, 6) is 1.53. The Morgan fingerprint density at radius 1 is 1.30 bits per heavy atom. The maximum atomic E-state index is 5.94. The van der Waals surface area contributed by atoms with Crippen LogP contribution in [0, 0.1) is 0 Å². The molecule has 0 atom stereocenters. The van der Waals surface area contributed by atoms with Crippen molar-refractivity contribution in [3.8, 4) is 11.5 Å². The summed E-state index contributed by atoms with van der Waals surface area (Å²) < 4.78 is 6.77. The fraction of sp³-hybridized carbons (Fsp3) is 0.267. The number of hydrogen-bond donors (Lipinski definition) is 1. The highest BCUT2D eigenvalue weighted by Gasteiger charge is 2.07. The number of benzene rings is 1. The molecule has 1 N–H and O–H groups in total. The maximum absolute atomic E-state index is 5.94. The average molecular weight is 356 g/mol. The first-order chi connectivity index (χ1) is 9.70. The van der Waals surface area contributed by atoms with Gasteiger partial charge in [0.25, 0.3) is 0 Å². The highest BCUT2D eigenvalue weighted by Crippen LogP contribution is 2.33. The van der Waals surface area contributed by atoms with Crippen LogP contribution in [0.4, 0.5) is 0 Å². The topological polar surface area (TPSA) is 34.2 Å². The molecule has 0 amide bonds.